The van der Waals surface area contributed by atoms with E-state index in [1.807, 2.05) is 53.2 Å². The van der Waals surface area contributed by atoms with Gasteiger partial charge in [-0.25, -0.2) is 9.67 Å². The Kier molecular flexibility index (Phi) is 5.01. The third kappa shape index (κ3) is 3.38. The molecule has 5 heterocycles. The zero-order valence-electron chi connectivity index (χ0n) is 19.1. The van der Waals surface area contributed by atoms with Gasteiger partial charge in [-0.3, -0.25) is 19.5 Å². The molecule has 0 fully saturated rings. The first kappa shape index (κ1) is 21.2. The molecule has 1 unspecified atom stereocenters. The molecule has 1 atom stereocenters. The molecule has 174 valence electrons. The van der Waals surface area contributed by atoms with Crippen molar-refractivity contribution in [2.75, 3.05) is 0 Å². The molecule has 5 aromatic rings. The minimum atomic E-state index is -0.489. The number of nitrogens with zero attached hydrogens (tertiary/aromatic N) is 8. The zero-order valence-corrected chi connectivity index (χ0v) is 19.1. The van der Waals surface area contributed by atoms with Gasteiger partial charge in [0.05, 0.1) is 17.7 Å². The van der Waals surface area contributed by atoms with Gasteiger partial charge in [-0.1, -0.05) is 18.2 Å². The highest BCUT2D eigenvalue weighted by atomic mass is 16.5. The lowest BCUT2D eigenvalue weighted by Gasteiger charge is -2.25. The molecule has 0 spiro atoms. The summed E-state index contributed by atoms with van der Waals surface area (Å²) in [7, 11) is 1.77. The van der Waals surface area contributed by atoms with Crippen LogP contribution in [0.2, 0.25) is 0 Å². The van der Waals surface area contributed by atoms with E-state index >= 15 is 0 Å². The third-order valence-electron chi connectivity index (χ3n) is 6.04. The number of aromatic nitrogens is 7. The van der Waals surface area contributed by atoms with Gasteiger partial charge in [0.15, 0.2) is 5.82 Å². The lowest BCUT2D eigenvalue weighted by Crippen LogP contribution is -2.22. The Bertz CT molecular complexity index is 1630. The number of nitriles is 1. The number of aryl methyl sites for hydroxylation is 1. The molecule has 0 amide bonds. The van der Waals surface area contributed by atoms with Gasteiger partial charge in [-0.15, -0.1) is 0 Å². The van der Waals surface area contributed by atoms with Crippen LogP contribution in [0.3, 0.4) is 0 Å². The predicted octanol–water partition coefficient (Wildman–Crippen LogP) is 3.34. The number of fused-ring (bicyclic) bond motifs is 1. The van der Waals surface area contributed by atoms with Gasteiger partial charge in [-0.2, -0.15) is 10.4 Å². The van der Waals surface area contributed by atoms with Gasteiger partial charge in [-0.05, 0) is 29.8 Å². The lowest BCUT2D eigenvalue weighted by atomic mass is 9.83. The molecule has 1 aliphatic heterocycles. The Morgan fingerprint density at radius 3 is 2.53 bits per heavy atom. The molecule has 0 bridgehead atoms. The Morgan fingerprint density at radius 1 is 0.972 bits per heavy atom. The maximum Gasteiger partial charge on any atom is 0.224 e. The highest BCUT2D eigenvalue weighted by Crippen LogP contribution is 2.46. The van der Waals surface area contributed by atoms with Crippen molar-refractivity contribution in [3.05, 3.63) is 102 Å². The lowest BCUT2D eigenvalue weighted by molar-refractivity contribution is 0.358. The fraction of sp³-hybridized carbons (Fsp3) is 0.0769. The number of hydrogen-bond acceptors (Lipinski definition) is 8. The minimum absolute atomic E-state index is 0.0554. The molecular formula is C26H19N9O. The van der Waals surface area contributed by atoms with E-state index < -0.39 is 5.92 Å². The van der Waals surface area contributed by atoms with Crippen molar-refractivity contribution in [3.63, 3.8) is 0 Å². The number of hydrogen-bond donors (Lipinski definition) is 1. The minimum Gasteiger partial charge on any atom is -0.422 e. The summed E-state index contributed by atoms with van der Waals surface area (Å²) in [6.45, 7) is 0. The second-order valence-corrected chi connectivity index (χ2v) is 8.13. The molecule has 36 heavy (non-hydrogen) atoms. The topological polar surface area (TPSA) is 133 Å². The molecule has 0 aliphatic carbocycles. The standard InChI is InChI=1S/C26H19N9O/c1-34-26-22(23(33-34)20-15-29-10-11-31-20)21(18(14-27)24(28)36-26)16-5-7-17(8-6-16)35-13-12-32-25(35)19-4-2-3-9-30-19/h2-13,15,21H,28H2,1H3. The molecule has 6 rings (SSSR count). The number of pyridine rings is 1. The van der Waals surface area contributed by atoms with Gasteiger partial charge < -0.3 is 10.5 Å². The van der Waals surface area contributed by atoms with Crippen LogP contribution in [0.5, 0.6) is 5.88 Å². The average molecular weight is 474 g/mol. The second-order valence-electron chi connectivity index (χ2n) is 8.13. The Labute approximate surface area is 206 Å². The predicted molar refractivity (Wildman–Crippen MR) is 130 cm³/mol. The van der Waals surface area contributed by atoms with Crippen LogP contribution >= 0.6 is 0 Å². The summed E-state index contributed by atoms with van der Waals surface area (Å²) < 4.78 is 9.40. The first-order valence-electron chi connectivity index (χ1n) is 11.1. The van der Waals surface area contributed by atoms with Crippen molar-refractivity contribution in [3.8, 4) is 40.5 Å². The van der Waals surface area contributed by atoms with Crippen LogP contribution in [0.15, 0.2) is 91.1 Å². The third-order valence-corrected chi connectivity index (χ3v) is 6.04. The van der Waals surface area contributed by atoms with Crippen LogP contribution < -0.4 is 10.5 Å². The summed E-state index contributed by atoms with van der Waals surface area (Å²) in [6, 6.07) is 15.8. The van der Waals surface area contributed by atoms with Crippen molar-refractivity contribution >= 4 is 0 Å². The van der Waals surface area contributed by atoms with E-state index in [9.17, 15) is 5.26 Å². The van der Waals surface area contributed by atoms with E-state index in [0.717, 1.165) is 22.8 Å². The number of imidazole rings is 1. The number of benzene rings is 1. The van der Waals surface area contributed by atoms with E-state index in [0.29, 0.717) is 28.4 Å². The molecule has 0 radical (unpaired) electrons. The van der Waals surface area contributed by atoms with Crippen LogP contribution in [-0.4, -0.2) is 34.3 Å². The highest BCUT2D eigenvalue weighted by Gasteiger charge is 2.37. The van der Waals surface area contributed by atoms with Crippen molar-refractivity contribution in [1.82, 2.24) is 34.3 Å². The number of nitrogens with two attached hydrogens (primary N) is 1. The Morgan fingerprint density at radius 2 is 1.81 bits per heavy atom. The summed E-state index contributed by atoms with van der Waals surface area (Å²) in [5.74, 6) is 0.764. The van der Waals surface area contributed by atoms with Gasteiger partial charge in [0.25, 0.3) is 0 Å². The number of rotatable bonds is 4. The summed E-state index contributed by atoms with van der Waals surface area (Å²) in [5.41, 5.74) is 10.9. The maximum atomic E-state index is 10.0. The monoisotopic (exact) mass is 473 g/mol. The average Bonchev–Trinajstić information content (AvgIpc) is 3.54. The van der Waals surface area contributed by atoms with Crippen LogP contribution in [0, 0.1) is 11.3 Å². The fourth-order valence-electron chi connectivity index (χ4n) is 4.44. The SMILES string of the molecule is Cn1nc(-c2cnccn2)c2c1OC(N)=C(C#N)C2c1ccc(-n2ccnc2-c2ccccn2)cc1. The normalized spacial score (nSPS) is 14.7. The van der Waals surface area contributed by atoms with Crippen LogP contribution in [0.4, 0.5) is 0 Å². The number of ether oxygens (including phenoxy) is 1. The first-order chi connectivity index (χ1) is 17.7. The summed E-state index contributed by atoms with van der Waals surface area (Å²) in [6.07, 6.45) is 10.2. The molecule has 1 aromatic carbocycles. The highest BCUT2D eigenvalue weighted by molar-refractivity contribution is 5.68. The maximum absolute atomic E-state index is 10.0. The molecule has 0 saturated heterocycles. The molecule has 1 aliphatic rings. The van der Waals surface area contributed by atoms with Crippen LogP contribution in [0.1, 0.15) is 17.0 Å². The first-order valence-corrected chi connectivity index (χ1v) is 11.1. The molecule has 2 N–H and O–H groups in total. The van der Waals surface area contributed by atoms with Gasteiger partial charge in [0.1, 0.15) is 28.7 Å². The van der Waals surface area contributed by atoms with E-state index in [4.69, 9.17) is 10.5 Å². The van der Waals surface area contributed by atoms with Crippen molar-refractivity contribution < 1.29 is 4.74 Å². The summed E-state index contributed by atoms with van der Waals surface area (Å²) in [4.78, 5) is 17.5. The Hall–Kier alpha value is -5.30. The molecular weight excluding hydrogens is 454 g/mol. The van der Waals surface area contributed by atoms with E-state index in [1.165, 1.54) is 0 Å². The van der Waals surface area contributed by atoms with Crippen molar-refractivity contribution in [1.29, 1.82) is 5.26 Å². The van der Waals surface area contributed by atoms with Crippen molar-refractivity contribution in [2.24, 2.45) is 12.8 Å². The molecule has 4 aromatic heterocycles. The zero-order chi connectivity index (χ0) is 24.6. The largest absolute Gasteiger partial charge is 0.422 e. The van der Waals surface area contributed by atoms with Gasteiger partial charge in [0, 0.05) is 43.7 Å². The molecule has 0 saturated carbocycles. The Balaban J connectivity index is 1.46. The smallest absolute Gasteiger partial charge is 0.224 e. The molecule has 10 heteroatoms. The number of allylic oxidation sites excluding steroid dienone is 1. The van der Waals surface area contributed by atoms with E-state index in [-0.39, 0.29) is 5.88 Å². The van der Waals surface area contributed by atoms with Crippen molar-refractivity contribution in [2.45, 2.75) is 5.92 Å². The van der Waals surface area contributed by atoms with E-state index in [1.54, 1.807) is 42.7 Å². The van der Waals surface area contributed by atoms with Crippen LogP contribution in [-0.2, 0) is 7.05 Å². The second kappa shape index (κ2) is 8.48. The quantitative estimate of drug-likeness (QED) is 0.420. The van der Waals surface area contributed by atoms with Crippen LogP contribution in [0.25, 0.3) is 28.6 Å². The van der Waals surface area contributed by atoms with E-state index in [2.05, 4.69) is 31.1 Å². The fourth-order valence-corrected chi connectivity index (χ4v) is 4.44. The summed E-state index contributed by atoms with van der Waals surface area (Å²) in [5, 5.41) is 14.6. The molecule has 10 nitrogen and oxygen atoms in total. The van der Waals surface area contributed by atoms with Gasteiger partial charge in [0.2, 0.25) is 11.8 Å². The van der Waals surface area contributed by atoms with Gasteiger partial charge >= 0.3 is 0 Å². The summed E-state index contributed by atoms with van der Waals surface area (Å²) >= 11 is 0.